The van der Waals surface area contributed by atoms with Gasteiger partial charge in [-0.25, -0.2) is 0 Å². The molecule has 0 amide bonds. The molecule has 0 unspecified atom stereocenters. The molecule has 0 spiro atoms. The van der Waals surface area contributed by atoms with Crippen LogP contribution < -0.4 is 4.90 Å². The summed E-state index contributed by atoms with van der Waals surface area (Å²) >= 11 is 0. The van der Waals surface area contributed by atoms with Gasteiger partial charge in [0, 0.05) is 33.2 Å². The highest BCUT2D eigenvalue weighted by Gasteiger charge is 2.22. The average molecular weight is 690 g/mol. The number of furan rings is 1. The van der Waals surface area contributed by atoms with Gasteiger partial charge in [-0.05, 0) is 75.0 Å². The minimum Gasteiger partial charge on any atom is -0.455 e. The highest BCUT2D eigenvalue weighted by Crippen LogP contribution is 2.47. The smallest absolute Gasteiger partial charge is 0.143 e. The molecule has 0 N–H and O–H groups in total. The molecule has 1 heterocycles. The van der Waals surface area contributed by atoms with Crippen molar-refractivity contribution in [1.82, 2.24) is 0 Å². The zero-order chi connectivity index (χ0) is 35.8. The fourth-order valence-corrected chi connectivity index (χ4v) is 7.94. The Hall–Kier alpha value is -7.16. The number of rotatable bonds is 7. The molecule has 0 saturated heterocycles. The zero-order valence-corrected chi connectivity index (χ0v) is 29.6. The molecule has 2 heteroatoms. The molecule has 9 aromatic carbocycles. The van der Waals surface area contributed by atoms with Crippen LogP contribution in [0.3, 0.4) is 0 Å². The molecule has 1 aromatic heterocycles. The lowest BCUT2D eigenvalue weighted by Gasteiger charge is -2.30. The molecule has 10 aromatic rings. The van der Waals surface area contributed by atoms with Crippen LogP contribution in [0.2, 0.25) is 0 Å². The number of para-hydroxylation sites is 4. The average Bonchev–Trinajstić information content (AvgIpc) is 3.64. The highest BCUT2D eigenvalue weighted by molar-refractivity contribution is 6.11. The lowest BCUT2D eigenvalue weighted by molar-refractivity contribution is 0.670. The van der Waals surface area contributed by atoms with E-state index < -0.39 is 0 Å². The van der Waals surface area contributed by atoms with Crippen molar-refractivity contribution in [1.29, 1.82) is 0 Å². The first-order chi connectivity index (χ1) is 26.8. The van der Waals surface area contributed by atoms with Crippen molar-refractivity contribution in [3.63, 3.8) is 0 Å². The monoisotopic (exact) mass is 689 g/mol. The summed E-state index contributed by atoms with van der Waals surface area (Å²) in [7, 11) is 0. The molecule has 0 saturated carbocycles. The van der Waals surface area contributed by atoms with E-state index in [0.717, 1.165) is 61.3 Å². The second kappa shape index (κ2) is 13.4. The molecular weight excluding hydrogens is 655 g/mol. The Labute approximate surface area is 314 Å². The maximum Gasteiger partial charge on any atom is 0.143 e. The minimum atomic E-state index is 0.890. The van der Waals surface area contributed by atoms with Crippen LogP contribution in [0.15, 0.2) is 217 Å². The van der Waals surface area contributed by atoms with Gasteiger partial charge in [0.25, 0.3) is 0 Å². The maximum atomic E-state index is 6.61. The number of hydrogen-bond donors (Lipinski definition) is 0. The Bertz CT molecular complexity index is 2930. The summed E-state index contributed by atoms with van der Waals surface area (Å²) in [4.78, 5) is 2.41. The fraction of sp³-hybridized carbons (Fsp3) is 0. The van der Waals surface area contributed by atoms with Gasteiger partial charge in [-0.15, -0.1) is 0 Å². The lowest BCUT2D eigenvalue weighted by atomic mass is 9.94. The topological polar surface area (TPSA) is 16.4 Å². The number of nitrogens with zero attached hydrogens (tertiary/aromatic N) is 1. The van der Waals surface area contributed by atoms with Crippen LogP contribution in [0, 0.1) is 0 Å². The van der Waals surface area contributed by atoms with E-state index in [1.807, 2.05) is 12.1 Å². The van der Waals surface area contributed by atoms with E-state index in [1.165, 1.54) is 33.0 Å². The van der Waals surface area contributed by atoms with E-state index in [2.05, 4.69) is 205 Å². The largest absolute Gasteiger partial charge is 0.455 e. The quantitative estimate of drug-likeness (QED) is 0.166. The van der Waals surface area contributed by atoms with Crippen LogP contribution in [-0.2, 0) is 0 Å². The minimum absolute atomic E-state index is 0.890. The van der Waals surface area contributed by atoms with Gasteiger partial charge in [0.15, 0.2) is 0 Å². The third-order valence-corrected chi connectivity index (χ3v) is 10.5. The van der Waals surface area contributed by atoms with Crippen LogP contribution in [0.5, 0.6) is 0 Å². The molecule has 0 aliphatic carbocycles. The number of fused-ring (bicyclic) bond motifs is 4. The summed E-state index contributed by atoms with van der Waals surface area (Å²) in [5, 5.41) is 4.72. The van der Waals surface area contributed by atoms with Gasteiger partial charge in [-0.3, -0.25) is 0 Å². The molecule has 0 radical (unpaired) electrons. The standard InChI is InChI=1S/C52H35NO/c1-2-15-36(16-3-1)37-31-33-41(34-32-37)53(50-29-10-7-23-45(50)47-26-14-27-48-46-24-8-11-30-51(46)54-52(47)48)49-28-9-6-22-44(49)40-20-12-19-39(35-40)43-25-13-18-38-17-4-5-21-42(38)43/h1-35H. The van der Waals surface area contributed by atoms with E-state index in [9.17, 15) is 0 Å². The van der Waals surface area contributed by atoms with Crippen molar-refractivity contribution < 1.29 is 4.42 Å². The van der Waals surface area contributed by atoms with Crippen LogP contribution in [0.25, 0.3) is 77.2 Å². The summed E-state index contributed by atoms with van der Waals surface area (Å²) in [5.41, 5.74) is 14.2. The first-order valence-electron chi connectivity index (χ1n) is 18.4. The van der Waals surface area contributed by atoms with E-state index in [0.29, 0.717) is 0 Å². The SMILES string of the molecule is c1ccc(-c2ccc(N(c3ccccc3-c3cccc(-c4cccc5ccccc45)c3)c3ccccc3-c3cccc4c3oc3ccccc34)cc2)cc1. The van der Waals surface area contributed by atoms with Gasteiger partial charge >= 0.3 is 0 Å². The Kier molecular flexibility index (Phi) is 7.85. The van der Waals surface area contributed by atoms with Crippen LogP contribution >= 0.6 is 0 Å². The molecule has 0 bridgehead atoms. The van der Waals surface area contributed by atoms with Crippen LogP contribution in [-0.4, -0.2) is 0 Å². The Morgan fingerprint density at radius 1 is 0.315 bits per heavy atom. The van der Waals surface area contributed by atoms with E-state index in [1.54, 1.807) is 0 Å². The van der Waals surface area contributed by atoms with Crippen molar-refractivity contribution in [3.8, 4) is 44.5 Å². The summed E-state index contributed by atoms with van der Waals surface area (Å²) in [5.74, 6) is 0. The zero-order valence-electron chi connectivity index (χ0n) is 29.6. The van der Waals surface area contributed by atoms with Gasteiger partial charge in [-0.1, -0.05) is 176 Å². The fourth-order valence-electron chi connectivity index (χ4n) is 7.94. The molecule has 0 aliphatic heterocycles. The van der Waals surface area contributed by atoms with Gasteiger partial charge in [0.1, 0.15) is 11.2 Å². The molecule has 254 valence electrons. The van der Waals surface area contributed by atoms with Gasteiger partial charge in [0.2, 0.25) is 0 Å². The number of anilines is 3. The van der Waals surface area contributed by atoms with E-state index in [4.69, 9.17) is 4.42 Å². The van der Waals surface area contributed by atoms with Crippen LogP contribution in [0.4, 0.5) is 17.1 Å². The number of hydrogen-bond acceptors (Lipinski definition) is 2. The summed E-state index contributed by atoms with van der Waals surface area (Å²) in [6, 6.07) is 75.9. The van der Waals surface area contributed by atoms with Crippen molar-refractivity contribution in [2.24, 2.45) is 0 Å². The first-order valence-corrected chi connectivity index (χ1v) is 18.4. The molecule has 0 aliphatic rings. The lowest BCUT2D eigenvalue weighted by Crippen LogP contribution is -2.12. The maximum absolute atomic E-state index is 6.61. The Morgan fingerprint density at radius 3 is 1.67 bits per heavy atom. The molecule has 0 fully saturated rings. The Balaban J connectivity index is 1.18. The Morgan fingerprint density at radius 2 is 0.833 bits per heavy atom. The first kappa shape index (κ1) is 31.6. The second-order valence-electron chi connectivity index (χ2n) is 13.7. The van der Waals surface area contributed by atoms with Crippen LogP contribution in [0.1, 0.15) is 0 Å². The predicted molar refractivity (Wildman–Crippen MR) is 228 cm³/mol. The molecule has 54 heavy (non-hydrogen) atoms. The van der Waals surface area contributed by atoms with Gasteiger partial charge in [-0.2, -0.15) is 0 Å². The predicted octanol–water partition coefficient (Wildman–Crippen LogP) is 14.9. The molecule has 10 rings (SSSR count). The molecular formula is C52H35NO. The highest BCUT2D eigenvalue weighted by atomic mass is 16.3. The normalized spacial score (nSPS) is 11.3. The molecule has 0 atom stereocenters. The number of benzene rings is 9. The summed E-state index contributed by atoms with van der Waals surface area (Å²) in [6.45, 7) is 0. The third-order valence-electron chi connectivity index (χ3n) is 10.5. The van der Waals surface area contributed by atoms with Crippen molar-refractivity contribution >= 4 is 49.8 Å². The van der Waals surface area contributed by atoms with E-state index in [-0.39, 0.29) is 0 Å². The van der Waals surface area contributed by atoms with Crippen molar-refractivity contribution in [2.75, 3.05) is 4.90 Å². The van der Waals surface area contributed by atoms with Gasteiger partial charge in [0.05, 0.1) is 11.4 Å². The van der Waals surface area contributed by atoms with Gasteiger partial charge < -0.3 is 9.32 Å². The van der Waals surface area contributed by atoms with Crippen molar-refractivity contribution in [2.45, 2.75) is 0 Å². The van der Waals surface area contributed by atoms with Crippen molar-refractivity contribution in [3.05, 3.63) is 212 Å². The molecule has 2 nitrogen and oxygen atoms in total. The summed E-state index contributed by atoms with van der Waals surface area (Å²) < 4.78 is 6.61. The third kappa shape index (κ3) is 5.53. The van der Waals surface area contributed by atoms with E-state index >= 15 is 0 Å². The second-order valence-corrected chi connectivity index (χ2v) is 13.7. The summed E-state index contributed by atoms with van der Waals surface area (Å²) in [6.07, 6.45) is 0.